The number of fused-ring (bicyclic) bond motifs is 1. The highest BCUT2D eigenvalue weighted by Crippen LogP contribution is 2.30. The summed E-state index contributed by atoms with van der Waals surface area (Å²) in [6.45, 7) is 0.822. The average Bonchev–Trinajstić information content (AvgIpc) is 3.32. The number of aryl methyl sites for hydroxylation is 2. The van der Waals surface area contributed by atoms with Crippen molar-refractivity contribution in [1.82, 2.24) is 9.71 Å². The first-order valence-corrected chi connectivity index (χ1v) is 12.8. The Labute approximate surface area is 185 Å². The van der Waals surface area contributed by atoms with Crippen LogP contribution in [-0.2, 0) is 27.6 Å². The van der Waals surface area contributed by atoms with Crippen molar-refractivity contribution in [1.29, 1.82) is 0 Å². The molecule has 2 N–H and O–H groups in total. The molecule has 1 fully saturated rings. The molecular weight excluding hydrogens is 446 g/mol. The molecule has 2 aromatic rings. The lowest BCUT2D eigenvalue weighted by Crippen LogP contribution is -2.32. The number of thiazole rings is 1. The van der Waals surface area contributed by atoms with E-state index in [2.05, 4.69) is 15.0 Å². The number of halogens is 1. The summed E-state index contributed by atoms with van der Waals surface area (Å²) >= 11 is 7.63. The Morgan fingerprint density at radius 3 is 2.87 bits per heavy atom. The zero-order chi connectivity index (χ0) is 21.1. The summed E-state index contributed by atoms with van der Waals surface area (Å²) in [5, 5.41) is 3.41. The molecule has 0 radical (unpaired) electrons. The van der Waals surface area contributed by atoms with Gasteiger partial charge in [0.1, 0.15) is 4.90 Å². The normalized spacial score (nSPS) is 19.3. The average molecular weight is 470 g/mol. The third-order valence-electron chi connectivity index (χ3n) is 5.32. The molecule has 2 heterocycles. The number of anilines is 1. The Morgan fingerprint density at radius 1 is 1.23 bits per heavy atom. The number of aromatic nitrogens is 1. The second-order valence-corrected chi connectivity index (χ2v) is 10.8. The molecule has 0 saturated carbocycles. The largest absolute Gasteiger partial charge is 0.377 e. The van der Waals surface area contributed by atoms with Crippen LogP contribution in [0.15, 0.2) is 23.1 Å². The Hall–Kier alpha value is -1.52. The van der Waals surface area contributed by atoms with Gasteiger partial charge in [-0.15, -0.1) is 11.3 Å². The van der Waals surface area contributed by atoms with Crippen molar-refractivity contribution in [2.24, 2.45) is 0 Å². The molecule has 1 aromatic carbocycles. The Morgan fingerprint density at radius 2 is 2.07 bits per heavy atom. The summed E-state index contributed by atoms with van der Waals surface area (Å²) < 4.78 is 33.4. The smallest absolute Gasteiger partial charge is 0.257 e. The number of nitrogens with one attached hydrogen (secondary N) is 2. The number of hydrogen-bond donors (Lipinski definition) is 2. The van der Waals surface area contributed by atoms with Crippen LogP contribution in [0.1, 0.15) is 53.0 Å². The molecule has 1 aliphatic carbocycles. The minimum atomic E-state index is -3.87. The highest BCUT2D eigenvalue weighted by atomic mass is 35.5. The van der Waals surface area contributed by atoms with Crippen molar-refractivity contribution in [3.63, 3.8) is 0 Å². The lowest BCUT2D eigenvalue weighted by atomic mass is 10.2. The molecule has 1 amide bonds. The van der Waals surface area contributed by atoms with Gasteiger partial charge < -0.3 is 4.74 Å². The van der Waals surface area contributed by atoms with E-state index in [9.17, 15) is 13.2 Å². The van der Waals surface area contributed by atoms with E-state index >= 15 is 0 Å². The van der Waals surface area contributed by atoms with E-state index in [-0.39, 0.29) is 28.1 Å². The van der Waals surface area contributed by atoms with Gasteiger partial charge in [0, 0.05) is 23.6 Å². The fraction of sp³-hybridized carbons (Fsp3) is 0.500. The maximum atomic E-state index is 12.7. The maximum absolute atomic E-state index is 12.7. The predicted molar refractivity (Wildman–Crippen MR) is 117 cm³/mol. The Bertz CT molecular complexity index is 1010. The van der Waals surface area contributed by atoms with Crippen molar-refractivity contribution < 1.29 is 17.9 Å². The third-order valence-corrected chi connectivity index (χ3v) is 8.30. The number of amides is 1. The maximum Gasteiger partial charge on any atom is 0.257 e. The van der Waals surface area contributed by atoms with E-state index in [0.717, 1.165) is 44.2 Å². The van der Waals surface area contributed by atoms with Gasteiger partial charge in [0.2, 0.25) is 10.0 Å². The van der Waals surface area contributed by atoms with Crippen LogP contribution in [0, 0.1) is 0 Å². The topological polar surface area (TPSA) is 97.4 Å². The molecule has 2 aliphatic rings. The van der Waals surface area contributed by atoms with E-state index in [4.69, 9.17) is 16.3 Å². The van der Waals surface area contributed by atoms with E-state index in [1.165, 1.54) is 40.8 Å². The summed E-state index contributed by atoms with van der Waals surface area (Å²) in [6.07, 6.45) is 6.98. The summed E-state index contributed by atoms with van der Waals surface area (Å²) in [5.74, 6) is -0.411. The number of nitrogens with zero attached hydrogens (tertiary/aromatic N) is 1. The molecule has 1 unspecified atom stereocenters. The van der Waals surface area contributed by atoms with Crippen molar-refractivity contribution in [3.05, 3.63) is 39.4 Å². The van der Waals surface area contributed by atoms with Gasteiger partial charge in [0.25, 0.3) is 5.91 Å². The molecule has 1 atom stereocenters. The van der Waals surface area contributed by atoms with Crippen LogP contribution < -0.4 is 10.0 Å². The van der Waals surface area contributed by atoms with Gasteiger partial charge in [-0.1, -0.05) is 18.0 Å². The molecule has 1 aromatic heterocycles. The number of ether oxygens (including phenoxy) is 1. The first-order chi connectivity index (χ1) is 14.4. The second-order valence-electron chi connectivity index (χ2n) is 7.54. The minimum absolute atomic E-state index is 0.0624. The van der Waals surface area contributed by atoms with Crippen LogP contribution in [0.2, 0.25) is 5.02 Å². The molecule has 0 spiro atoms. The summed E-state index contributed by atoms with van der Waals surface area (Å²) in [5.41, 5.74) is 1.27. The SMILES string of the molecule is O=C(Nc1nc2c(s1)CCCCC2)c1ccc(Cl)c(S(=O)(=O)NCC2CCCO2)c1. The van der Waals surface area contributed by atoms with Crippen molar-refractivity contribution in [3.8, 4) is 0 Å². The van der Waals surface area contributed by atoms with Crippen LogP contribution in [0.25, 0.3) is 0 Å². The lowest BCUT2D eigenvalue weighted by Gasteiger charge is -2.13. The second kappa shape index (κ2) is 9.32. The number of carbonyl (C=O) groups excluding carboxylic acids is 1. The summed E-state index contributed by atoms with van der Waals surface area (Å²) in [7, 11) is -3.87. The van der Waals surface area contributed by atoms with E-state index in [0.29, 0.717) is 11.7 Å². The summed E-state index contributed by atoms with van der Waals surface area (Å²) in [4.78, 5) is 18.4. The molecule has 162 valence electrons. The highest BCUT2D eigenvalue weighted by molar-refractivity contribution is 7.89. The minimum Gasteiger partial charge on any atom is -0.377 e. The first-order valence-electron chi connectivity index (χ1n) is 10.1. The van der Waals surface area contributed by atoms with Crippen LogP contribution >= 0.6 is 22.9 Å². The Kier molecular flexibility index (Phi) is 6.74. The fourth-order valence-electron chi connectivity index (χ4n) is 3.69. The number of benzene rings is 1. The zero-order valence-electron chi connectivity index (χ0n) is 16.4. The van der Waals surface area contributed by atoms with Gasteiger partial charge in [-0.25, -0.2) is 18.1 Å². The van der Waals surface area contributed by atoms with Crippen LogP contribution in [-0.4, -0.2) is 38.6 Å². The van der Waals surface area contributed by atoms with Crippen LogP contribution in [0.3, 0.4) is 0 Å². The van der Waals surface area contributed by atoms with E-state index < -0.39 is 15.9 Å². The van der Waals surface area contributed by atoms with Crippen LogP contribution in [0.4, 0.5) is 5.13 Å². The number of rotatable bonds is 6. The molecule has 30 heavy (non-hydrogen) atoms. The van der Waals surface area contributed by atoms with Gasteiger partial charge >= 0.3 is 0 Å². The molecule has 10 heteroatoms. The van der Waals surface area contributed by atoms with Gasteiger partial charge in [-0.05, 0) is 56.7 Å². The van der Waals surface area contributed by atoms with Crippen LogP contribution in [0.5, 0.6) is 0 Å². The molecule has 1 saturated heterocycles. The molecule has 0 bridgehead atoms. The quantitative estimate of drug-likeness (QED) is 0.627. The number of carbonyl (C=O) groups is 1. The van der Waals surface area contributed by atoms with Crippen molar-refractivity contribution >= 4 is 44.0 Å². The number of hydrogen-bond acceptors (Lipinski definition) is 6. The van der Waals surface area contributed by atoms with Gasteiger partial charge in [0.15, 0.2) is 5.13 Å². The lowest BCUT2D eigenvalue weighted by molar-refractivity contribution is 0.102. The fourth-order valence-corrected chi connectivity index (χ4v) is 6.32. The molecule has 7 nitrogen and oxygen atoms in total. The molecular formula is C20H24ClN3O4S2. The number of sulfonamides is 1. The highest BCUT2D eigenvalue weighted by Gasteiger charge is 2.24. The summed E-state index contributed by atoms with van der Waals surface area (Å²) in [6, 6.07) is 4.23. The van der Waals surface area contributed by atoms with Crippen molar-refractivity contribution in [2.45, 2.75) is 55.9 Å². The van der Waals surface area contributed by atoms with Gasteiger partial charge in [-0.2, -0.15) is 0 Å². The monoisotopic (exact) mass is 469 g/mol. The van der Waals surface area contributed by atoms with Gasteiger partial charge in [-0.3, -0.25) is 10.1 Å². The first kappa shape index (κ1) is 21.7. The van der Waals surface area contributed by atoms with E-state index in [1.54, 1.807) is 0 Å². The predicted octanol–water partition coefficient (Wildman–Crippen LogP) is 3.78. The van der Waals surface area contributed by atoms with Crippen molar-refractivity contribution in [2.75, 3.05) is 18.5 Å². The third kappa shape index (κ3) is 5.03. The molecule has 1 aliphatic heterocycles. The van der Waals surface area contributed by atoms with Gasteiger partial charge in [0.05, 0.1) is 16.8 Å². The zero-order valence-corrected chi connectivity index (χ0v) is 18.8. The van der Waals surface area contributed by atoms with E-state index in [1.807, 2.05) is 0 Å². The standard InChI is InChI=1S/C20H24ClN3O4S2/c21-15-9-8-13(11-18(15)30(26,27)22-12-14-5-4-10-28-14)19(25)24-20-23-16-6-2-1-3-7-17(16)29-20/h8-9,11,14,22H,1-7,10,12H2,(H,23,24,25). The molecule has 4 rings (SSSR count). The Balaban J connectivity index is 1.48.